The van der Waals surface area contributed by atoms with Crippen molar-refractivity contribution in [2.75, 3.05) is 34.5 Å². The van der Waals surface area contributed by atoms with Crippen LogP contribution in [0.5, 0.6) is 17.2 Å². The van der Waals surface area contributed by atoms with Crippen molar-refractivity contribution in [2.24, 2.45) is 5.41 Å². The topological polar surface area (TPSA) is 108 Å². The molecule has 9 nitrogen and oxygen atoms in total. The molecule has 43 heavy (non-hydrogen) atoms. The predicted molar refractivity (Wildman–Crippen MR) is 163 cm³/mol. The molecule has 1 amide bonds. The van der Waals surface area contributed by atoms with Crippen LogP contribution in [0.15, 0.2) is 42.5 Å². The van der Waals surface area contributed by atoms with E-state index in [0.29, 0.717) is 49.5 Å². The Balaban J connectivity index is 1.87. The van der Waals surface area contributed by atoms with Crippen molar-refractivity contribution in [3.05, 3.63) is 53.6 Å². The number of aryl methyl sites for hydroxylation is 1. The van der Waals surface area contributed by atoms with Gasteiger partial charge in [-0.1, -0.05) is 39.0 Å². The Morgan fingerprint density at radius 2 is 1.72 bits per heavy atom. The zero-order valence-corrected chi connectivity index (χ0v) is 26.3. The molecule has 0 saturated carbocycles. The molecule has 2 aromatic rings. The van der Waals surface area contributed by atoms with Crippen LogP contribution < -0.4 is 14.2 Å². The zero-order valence-electron chi connectivity index (χ0n) is 26.3. The highest BCUT2D eigenvalue weighted by Crippen LogP contribution is 2.33. The monoisotopic (exact) mass is 595 g/mol. The first kappa shape index (κ1) is 33.6. The first-order valence-corrected chi connectivity index (χ1v) is 14.9. The molecule has 2 aromatic carbocycles. The van der Waals surface area contributed by atoms with E-state index in [0.717, 1.165) is 24.0 Å². The number of hydrogen-bond donors (Lipinski definition) is 0. The third-order valence-electron chi connectivity index (χ3n) is 8.42. The van der Waals surface area contributed by atoms with Crippen molar-refractivity contribution < 1.29 is 38.1 Å². The minimum absolute atomic E-state index is 0.0617. The third-order valence-corrected chi connectivity index (χ3v) is 8.42. The molecule has 1 fully saturated rings. The summed E-state index contributed by atoms with van der Waals surface area (Å²) in [5, 5.41) is 0. The molecule has 0 bridgehead atoms. The number of hydrogen-bond acceptors (Lipinski definition) is 8. The molecule has 0 aromatic heterocycles. The Labute approximate surface area is 254 Å². The largest absolute Gasteiger partial charge is 0.493 e. The molecule has 1 aliphatic rings. The minimum atomic E-state index is -0.783. The summed E-state index contributed by atoms with van der Waals surface area (Å²) >= 11 is 0. The van der Waals surface area contributed by atoms with E-state index in [4.69, 9.17) is 14.2 Å². The van der Waals surface area contributed by atoms with Crippen molar-refractivity contribution >= 4 is 23.4 Å². The van der Waals surface area contributed by atoms with Crippen LogP contribution in [0.3, 0.4) is 0 Å². The van der Waals surface area contributed by atoms with Crippen LogP contribution in [-0.2, 0) is 30.3 Å². The van der Waals surface area contributed by atoms with Gasteiger partial charge in [0.25, 0.3) is 5.91 Å². The Hall–Kier alpha value is -3.88. The number of carbonyl (C=O) groups is 4. The smallest absolute Gasteiger partial charge is 0.343 e. The number of likely N-dealkylation sites (tertiary alicyclic amines) is 1. The molecule has 0 unspecified atom stereocenters. The molecule has 1 heterocycles. The lowest BCUT2D eigenvalue weighted by molar-refractivity contribution is -0.153. The van der Waals surface area contributed by atoms with Crippen LogP contribution in [0.4, 0.5) is 0 Å². The molecule has 0 aliphatic carbocycles. The Morgan fingerprint density at radius 1 is 0.977 bits per heavy atom. The van der Waals surface area contributed by atoms with Crippen LogP contribution in [0.25, 0.3) is 0 Å². The lowest BCUT2D eigenvalue weighted by atomic mass is 9.82. The number of carbonyl (C=O) groups excluding carboxylic acids is 4. The van der Waals surface area contributed by atoms with E-state index in [1.54, 1.807) is 34.1 Å². The minimum Gasteiger partial charge on any atom is -0.493 e. The summed E-state index contributed by atoms with van der Waals surface area (Å²) in [6.45, 7) is 5.60. The van der Waals surface area contributed by atoms with Crippen LogP contribution in [-0.4, -0.2) is 68.9 Å². The zero-order chi connectivity index (χ0) is 31.6. The maximum absolute atomic E-state index is 13.9. The van der Waals surface area contributed by atoms with Gasteiger partial charge in [-0.25, -0.2) is 4.79 Å². The van der Waals surface area contributed by atoms with Gasteiger partial charge < -0.3 is 23.8 Å². The van der Waals surface area contributed by atoms with Gasteiger partial charge in [0.1, 0.15) is 5.75 Å². The van der Waals surface area contributed by atoms with Crippen LogP contribution >= 0.6 is 0 Å². The second-order valence-electron chi connectivity index (χ2n) is 11.6. The van der Waals surface area contributed by atoms with E-state index >= 15 is 0 Å². The fraction of sp³-hybridized carbons (Fsp3) is 0.529. The molecule has 0 N–H and O–H groups in total. The summed E-state index contributed by atoms with van der Waals surface area (Å²) in [6, 6.07) is 12.5. The van der Waals surface area contributed by atoms with Gasteiger partial charge in [-0.2, -0.15) is 0 Å². The average molecular weight is 596 g/mol. The van der Waals surface area contributed by atoms with Gasteiger partial charge in [0.05, 0.1) is 27.4 Å². The molecular formula is C34H45NO8. The van der Waals surface area contributed by atoms with Gasteiger partial charge in [-0.15, -0.1) is 0 Å². The molecule has 0 radical (unpaired) electrons. The summed E-state index contributed by atoms with van der Waals surface area (Å²) in [6.07, 6.45) is 4.13. The SMILES string of the molecule is CCC(C)(C)C(=O)C(=O)N1CCCC[C@H]1C(=O)C[C@H](CCc1ccc(OC)c(OC)c1)c1cccc(OCC(=O)OC)c1. The van der Waals surface area contributed by atoms with E-state index in [9.17, 15) is 19.2 Å². The standard InChI is InChI=1S/C34H45NO8/c1-7-34(2,3)32(38)33(39)35-18-9-8-13-27(35)28(36)21-25(16-14-23-15-17-29(40-4)30(19-23)41-5)24-11-10-12-26(20-24)43-22-31(37)42-6/h10-12,15,17,19-20,25,27H,7-9,13-14,16,18,21-22H2,1-6H3/t25-,27-/m0/s1. The highest BCUT2D eigenvalue weighted by atomic mass is 16.6. The van der Waals surface area contributed by atoms with Gasteiger partial charge in [-0.3, -0.25) is 14.4 Å². The summed E-state index contributed by atoms with van der Waals surface area (Å²) in [7, 11) is 4.48. The number of Topliss-reactive ketones (excluding diaryl/α,β-unsaturated/α-hetero) is 2. The van der Waals surface area contributed by atoms with Crippen LogP contribution in [0.2, 0.25) is 0 Å². The number of amides is 1. The Kier molecular flexibility index (Phi) is 12.2. The number of ether oxygens (including phenoxy) is 4. The summed E-state index contributed by atoms with van der Waals surface area (Å²) < 4.78 is 21.1. The lowest BCUT2D eigenvalue weighted by Crippen LogP contribution is -2.52. The molecule has 1 saturated heterocycles. The number of benzene rings is 2. The van der Waals surface area contributed by atoms with E-state index in [-0.39, 0.29) is 24.7 Å². The molecule has 0 spiro atoms. The van der Waals surface area contributed by atoms with E-state index in [1.165, 1.54) is 12.0 Å². The summed E-state index contributed by atoms with van der Waals surface area (Å²) in [4.78, 5) is 53.5. The quantitative estimate of drug-likeness (QED) is 0.201. The highest BCUT2D eigenvalue weighted by Gasteiger charge is 2.40. The molecular weight excluding hydrogens is 550 g/mol. The summed E-state index contributed by atoms with van der Waals surface area (Å²) in [5.41, 5.74) is 1.12. The second kappa shape index (κ2) is 15.5. The van der Waals surface area contributed by atoms with E-state index in [1.807, 2.05) is 43.3 Å². The number of ketones is 2. The first-order chi connectivity index (χ1) is 20.5. The van der Waals surface area contributed by atoms with Gasteiger partial charge in [0, 0.05) is 18.4 Å². The maximum atomic E-state index is 13.9. The van der Waals surface area contributed by atoms with Crippen molar-refractivity contribution in [3.63, 3.8) is 0 Å². The molecule has 9 heteroatoms. The first-order valence-electron chi connectivity index (χ1n) is 14.9. The van der Waals surface area contributed by atoms with Gasteiger partial charge in [-0.05, 0) is 79.8 Å². The predicted octanol–water partition coefficient (Wildman–Crippen LogP) is 5.32. The number of methoxy groups -OCH3 is 3. The third kappa shape index (κ3) is 8.81. The highest BCUT2D eigenvalue weighted by molar-refractivity contribution is 6.38. The van der Waals surface area contributed by atoms with Crippen molar-refractivity contribution in [1.82, 2.24) is 4.90 Å². The van der Waals surface area contributed by atoms with E-state index in [2.05, 4.69) is 4.74 Å². The maximum Gasteiger partial charge on any atom is 0.343 e. The average Bonchev–Trinajstić information content (AvgIpc) is 3.04. The van der Waals surface area contributed by atoms with Crippen molar-refractivity contribution in [1.29, 1.82) is 0 Å². The van der Waals surface area contributed by atoms with Crippen molar-refractivity contribution in [3.8, 4) is 17.2 Å². The van der Waals surface area contributed by atoms with Crippen LogP contribution in [0, 0.1) is 5.41 Å². The summed E-state index contributed by atoms with van der Waals surface area (Å²) in [5.74, 6) is -0.0163. The molecule has 1 aliphatic heterocycles. The van der Waals surface area contributed by atoms with Gasteiger partial charge in [0.2, 0.25) is 5.78 Å². The van der Waals surface area contributed by atoms with Crippen molar-refractivity contribution in [2.45, 2.75) is 77.7 Å². The number of rotatable bonds is 15. The van der Waals surface area contributed by atoms with Gasteiger partial charge in [0.15, 0.2) is 23.9 Å². The fourth-order valence-electron chi connectivity index (χ4n) is 5.29. The van der Waals surface area contributed by atoms with E-state index < -0.39 is 29.1 Å². The Bertz CT molecular complexity index is 1290. The normalized spacial score (nSPS) is 15.8. The fourth-order valence-corrected chi connectivity index (χ4v) is 5.29. The number of piperidine rings is 1. The second-order valence-corrected chi connectivity index (χ2v) is 11.6. The number of nitrogens with zero attached hydrogens (tertiary/aromatic N) is 1. The lowest BCUT2D eigenvalue weighted by Gasteiger charge is -2.36. The molecule has 2 atom stereocenters. The van der Waals surface area contributed by atoms with Gasteiger partial charge >= 0.3 is 5.97 Å². The Morgan fingerprint density at radius 3 is 2.40 bits per heavy atom. The number of esters is 1. The molecule has 3 rings (SSSR count). The molecule has 234 valence electrons. The van der Waals surface area contributed by atoms with Crippen LogP contribution in [0.1, 0.15) is 76.3 Å².